The molecule has 0 aliphatic heterocycles. The van der Waals surface area contributed by atoms with Crippen LogP contribution in [0.25, 0.3) is 22.2 Å². The summed E-state index contributed by atoms with van der Waals surface area (Å²) in [5, 5.41) is 7.04. The van der Waals surface area contributed by atoms with Crippen LogP contribution in [0.4, 0.5) is 0 Å². The SMILES string of the molecule is Cc1ccc(-c2nc(-c3nc(C4(N)CCCC4)no3)cs2)c(C)c1. The van der Waals surface area contributed by atoms with Gasteiger partial charge in [0, 0.05) is 10.9 Å². The molecule has 1 aliphatic carbocycles. The van der Waals surface area contributed by atoms with Crippen LogP contribution in [-0.4, -0.2) is 15.1 Å². The van der Waals surface area contributed by atoms with Gasteiger partial charge in [0.05, 0.1) is 5.54 Å². The van der Waals surface area contributed by atoms with Gasteiger partial charge in [-0.2, -0.15) is 4.98 Å². The van der Waals surface area contributed by atoms with E-state index < -0.39 is 5.54 Å². The fourth-order valence-electron chi connectivity index (χ4n) is 3.31. The summed E-state index contributed by atoms with van der Waals surface area (Å²) in [5.41, 5.74) is 10.3. The van der Waals surface area contributed by atoms with Crippen molar-refractivity contribution in [3.05, 3.63) is 40.5 Å². The molecule has 4 rings (SSSR count). The van der Waals surface area contributed by atoms with Gasteiger partial charge < -0.3 is 10.3 Å². The maximum Gasteiger partial charge on any atom is 0.277 e. The molecular formula is C18H20N4OS. The molecule has 0 saturated heterocycles. The van der Waals surface area contributed by atoms with Crippen LogP contribution in [0, 0.1) is 13.8 Å². The molecule has 124 valence electrons. The van der Waals surface area contributed by atoms with E-state index in [1.807, 2.05) is 5.38 Å². The average molecular weight is 340 g/mol. The second-order valence-electron chi connectivity index (χ2n) is 6.64. The molecule has 1 fully saturated rings. The zero-order valence-corrected chi connectivity index (χ0v) is 14.7. The van der Waals surface area contributed by atoms with Crippen molar-refractivity contribution >= 4 is 11.3 Å². The van der Waals surface area contributed by atoms with E-state index in [0.717, 1.165) is 41.9 Å². The van der Waals surface area contributed by atoms with Gasteiger partial charge in [-0.3, -0.25) is 0 Å². The van der Waals surface area contributed by atoms with Crippen LogP contribution in [-0.2, 0) is 5.54 Å². The fraction of sp³-hybridized carbons (Fsp3) is 0.389. The molecule has 1 saturated carbocycles. The number of hydrogen-bond acceptors (Lipinski definition) is 6. The summed E-state index contributed by atoms with van der Waals surface area (Å²) in [6, 6.07) is 6.38. The fourth-order valence-corrected chi connectivity index (χ4v) is 4.19. The third-order valence-corrected chi connectivity index (χ3v) is 5.58. The van der Waals surface area contributed by atoms with Gasteiger partial charge in [-0.05, 0) is 32.3 Å². The topological polar surface area (TPSA) is 77.8 Å². The first-order valence-corrected chi connectivity index (χ1v) is 9.10. The Morgan fingerprint density at radius 1 is 1.17 bits per heavy atom. The summed E-state index contributed by atoms with van der Waals surface area (Å²) >= 11 is 1.59. The number of nitrogens with two attached hydrogens (primary N) is 1. The lowest BCUT2D eigenvalue weighted by Gasteiger charge is -2.17. The Balaban J connectivity index is 1.65. The summed E-state index contributed by atoms with van der Waals surface area (Å²) in [7, 11) is 0. The molecule has 5 nitrogen and oxygen atoms in total. The van der Waals surface area contributed by atoms with Crippen LogP contribution in [0.1, 0.15) is 42.6 Å². The maximum atomic E-state index is 6.40. The van der Waals surface area contributed by atoms with Crippen molar-refractivity contribution < 1.29 is 4.52 Å². The zero-order valence-electron chi connectivity index (χ0n) is 13.9. The first-order chi connectivity index (χ1) is 11.5. The molecule has 1 aliphatic rings. The minimum Gasteiger partial charge on any atom is -0.332 e. The molecule has 0 amide bonds. The summed E-state index contributed by atoms with van der Waals surface area (Å²) in [6.45, 7) is 4.20. The Labute approximate surface area is 144 Å². The van der Waals surface area contributed by atoms with Crippen molar-refractivity contribution in [1.29, 1.82) is 0 Å². The van der Waals surface area contributed by atoms with E-state index >= 15 is 0 Å². The molecule has 0 radical (unpaired) electrons. The lowest BCUT2D eigenvalue weighted by atomic mass is 9.99. The molecule has 0 bridgehead atoms. The minimum atomic E-state index is -0.436. The zero-order chi connectivity index (χ0) is 16.7. The van der Waals surface area contributed by atoms with E-state index in [1.54, 1.807) is 11.3 Å². The molecule has 0 unspecified atom stereocenters. The second kappa shape index (κ2) is 5.79. The van der Waals surface area contributed by atoms with E-state index in [4.69, 9.17) is 10.3 Å². The van der Waals surface area contributed by atoms with E-state index in [0.29, 0.717) is 11.7 Å². The molecule has 2 heterocycles. The Bertz CT molecular complexity index is 877. The average Bonchev–Trinajstić information content (AvgIpc) is 3.27. The molecule has 0 spiro atoms. The predicted octanol–water partition coefficient (Wildman–Crippen LogP) is 4.20. The van der Waals surface area contributed by atoms with Crippen molar-refractivity contribution in [2.45, 2.75) is 45.1 Å². The molecule has 2 N–H and O–H groups in total. The van der Waals surface area contributed by atoms with Crippen LogP contribution < -0.4 is 5.73 Å². The Morgan fingerprint density at radius 2 is 1.96 bits per heavy atom. The van der Waals surface area contributed by atoms with Gasteiger partial charge in [0.15, 0.2) is 5.82 Å². The van der Waals surface area contributed by atoms with Crippen LogP contribution in [0.2, 0.25) is 0 Å². The highest BCUT2D eigenvalue weighted by atomic mass is 32.1. The van der Waals surface area contributed by atoms with E-state index in [9.17, 15) is 0 Å². The Morgan fingerprint density at radius 3 is 2.71 bits per heavy atom. The van der Waals surface area contributed by atoms with Crippen molar-refractivity contribution in [2.75, 3.05) is 0 Å². The molecule has 2 aromatic heterocycles. The second-order valence-corrected chi connectivity index (χ2v) is 7.50. The molecule has 6 heteroatoms. The first-order valence-electron chi connectivity index (χ1n) is 8.22. The van der Waals surface area contributed by atoms with Crippen LogP contribution in [0.5, 0.6) is 0 Å². The Hall–Kier alpha value is -2.05. The summed E-state index contributed by atoms with van der Waals surface area (Å²) in [4.78, 5) is 9.20. The third kappa shape index (κ3) is 2.65. The third-order valence-electron chi connectivity index (χ3n) is 4.70. The van der Waals surface area contributed by atoms with Crippen LogP contribution in [0.3, 0.4) is 0 Å². The van der Waals surface area contributed by atoms with Crippen molar-refractivity contribution in [2.24, 2.45) is 5.73 Å². The van der Waals surface area contributed by atoms with Crippen LogP contribution in [0.15, 0.2) is 28.1 Å². The predicted molar refractivity (Wildman–Crippen MR) is 94.6 cm³/mol. The first kappa shape index (κ1) is 15.5. The summed E-state index contributed by atoms with van der Waals surface area (Å²) in [6.07, 6.45) is 4.07. The number of nitrogens with zero attached hydrogens (tertiary/aromatic N) is 3. The lowest BCUT2D eigenvalue weighted by Crippen LogP contribution is -2.34. The quantitative estimate of drug-likeness (QED) is 0.773. The van der Waals surface area contributed by atoms with Gasteiger partial charge in [-0.25, -0.2) is 4.98 Å². The van der Waals surface area contributed by atoms with Gasteiger partial charge in [0.1, 0.15) is 10.7 Å². The smallest absolute Gasteiger partial charge is 0.277 e. The van der Waals surface area contributed by atoms with Crippen molar-refractivity contribution in [3.8, 4) is 22.2 Å². The molecule has 1 aromatic carbocycles. The van der Waals surface area contributed by atoms with E-state index in [1.165, 1.54) is 11.1 Å². The Kier molecular flexibility index (Phi) is 3.73. The van der Waals surface area contributed by atoms with E-state index in [2.05, 4.69) is 47.2 Å². The maximum absolute atomic E-state index is 6.40. The highest BCUT2D eigenvalue weighted by Gasteiger charge is 2.36. The molecule has 0 atom stereocenters. The van der Waals surface area contributed by atoms with Crippen molar-refractivity contribution in [1.82, 2.24) is 15.1 Å². The molecule has 3 aromatic rings. The van der Waals surface area contributed by atoms with Crippen LogP contribution >= 0.6 is 11.3 Å². The van der Waals surface area contributed by atoms with Gasteiger partial charge in [0.25, 0.3) is 5.89 Å². The number of aromatic nitrogens is 3. The standard InChI is InChI=1S/C18H20N4OS/c1-11-5-6-13(12(2)9-11)16-20-14(10-24-16)15-21-17(22-23-15)18(19)7-3-4-8-18/h5-6,9-10H,3-4,7-8,19H2,1-2H3. The largest absolute Gasteiger partial charge is 0.332 e. The van der Waals surface area contributed by atoms with Gasteiger partial charge in [-0.1, -0.05) is 41.8 Å². The van der Waals surface area contributed by atoms with Gasteiger partial charge >= 0.3 is 0 Å². The highest BCUT2D eigenvalue weighted by Crippen LogP contribution is 2.36. The van der Waals surface area contributed by atoms with Gasteiger partial charge in [-0.15, -0.1) is 11.3 Å². The monoisotopic (exact) mass is 340 g/mol. The normalized spacial score (nSPS) is 16.6. The van der Waals surface area contributed by atoms with Crippen molar-refractivity contribution in [3.63, 3.8) is 0 Å². The lowest BCUT2D eigenvalue weighted by molar-refractivity contribution is 0.372. The van der Waals surface area contributed by atoms with E-state index in [-0.39, 0.29) is 0 Å². The number of benzene rings is 1. The summed E-state index contributed by atoms with van der Waals surface area (Å²) in [5.74, 6) is 1.06. The molecular weight excluding hydrogens is 320 g/mol. The minimum absolute atomic E-state index is 0.436. The number of thiazole rings is 1. The summed E-state index contributed by atoms with van der Waals surface area (Å²) < 4.78 is 5.43. The highest BCUT2D eigenvalue weighted by molar-refractivity contribution is 7.13. The molecule has 24 heavy (non-hydrogen) atoms. The number of aryl methyl sites for hydroxylation is 2. The van der Waals surface area contributed by atoms with Gasteiger partial charge in [0.2, 0.25) is 0 Å². The number of rotatable bonds is 3. The number of hydrogen-bond donors (Lipinski definition) is 1.